The maximum absolute atomic E-state index is 12.5. The van der Waals surface area contributed by atoms with Crippen molar-refractivity contribution in [2.24, 2.45) is 0 Å². The molecule has 112 valence electrons. The molecule has 1 aromatic heterocycles. The molecule has 0 aliphatic rings. The number of fused-ring (bicyclic) bond motifs is 1. The zero-order valence-corrected chi connectivity index (χ0v) is 12.6. The number of H-pyrrole nitrogens is 1. The van der Waals surface area contributed by atoms with E-state index in [9.17, 15) is 4.79 Å². The molecule has 3 N–H and O–H groups in total. The molecular weight excluding hydrogens is 276 g/mol. The van der Waals surface area contributed by atoms with Crippen molar-refractivity contribution in [1.29, 1.82) is 0 Å². The summed E-state index contributed by atoms with van der Waals surface area (Å²) in [5.74, 6) is -0.0887. The number of aromatic nitrogens is 2. The van der Waals surface area contributed by atoms with Crippen molar-refractivity contribution < 1.29 is 4.79 Å². The van der Waals surface area contributed by atoms with Crippen LogP contribution in [-0.2, 0) is 4.79 Å². The van der Waals surface area contributed by atoms with Gasteiger partial charge in [-0.15, -0.1) is 0 Å². The fourth-order valence-corrected chi connectivity index (χ4v) is 2.44. The SMILES string of the molecule is CNC(C(=O)Nc1ccc2[nH]ncc2c1)c1ccc(C)cc1. The van der Waals surface area contributed by atoms with Crippen molar-refractivity contribution in [3.63, 3.8) is 0 Å². The summed E-state index contributed by atoms with van der Waals surface area (Å²) in [7, 11) is 1.78. The second-order valence-electron chi connectivity index (χ2n) is 5.29. The lowest BCUT2D eigenvalue weighted by molar-refractivity contribution is -0.118. The van der Waals surface area contributed by atoms with Crippen LogP contribution in [0.4, 0.5) is 5.69 Å². The molecule has 0 radical (unpaired) electrons. The Kier molecular flexibility index (Phi) is 3.89. The van der Waals surface area contributed by atoms with Crippen LogP contribution in [0.3, 0.4) is 0 Å². The highest BCUT2D eigenvalue weighted by Crippen LogP contribution is 2.20. The molecule has 1 heterocycles. The van der Waals surface area contributed by atoms with Crippen LogP contribution in [0.25, 0.3) is 10.9 Å². The van der Waals surface area contributed by atoms with E-state index in [1.54, 1.807) is 13.2 Å². The molecule has 3 rings (SSSR count). The molecule has 0 saturated heterocycles. The van der Waals surface area contributed by atoms with E-state index in [0.29, 0.717) is 0 Å². The molecular formula is C17H18N4O. The Hall–Kier alpha value is -2.66. The molecule has 5 nitrogen and oxygen atoms in total. The summed E-state index contributed by atoms with van der Waals surface area (Å²) in [4.78, 5) is 12.5. The lowest BCUT2D eigenvalue weighted by Crippen LogP contribution is -2.30. The second-order valence-corrected chi connectivity index (χ2v) is 5.29. The third-order valence-electron chi connectivity index (χ3n) is 3.67. The number of carbonyl (C=O) groups is 1. The molecule has 0 bridgehead atoms. The highest BCUT2D eigenvalue weighted by atomic mass is 16.2. The Morgan fingerprint density at radius 1 is 1.18 bits per heavy atom. The minimum absolute atomic E-state index is 0.0887. The van der Waals surface area contributed by atoms with Crippen molar-refractivity contribution >= 4 is 22.5 Å². The smallest absolute Gasteiger partial charge is 0.246 e. The van der Waals surface area contributed by atoms with E-state index >= 15 is 0 Å². The zero-order chi connectivity index (χ0) is 15.5. The Morgan fingerprint density at radius 2 is 1.95 bits per heavy atom. The number of nitrogens with zero attached hydrogens (tertiary/aromatic N) is 1. The fraction of sp³-hybridized carbons (Fsp3) is 0.176. The number of aromatic amines is 1. The molecule has 5 heteroatoms. The van der Waals surface area contributed by atoms with Gasteiger partial charge in [0.1, 0.15) is 6.04 Å². The average molecular weight is 294 g/mol. The molecule has 1 unspecified atom stereocenters. The number of benzene rings is 2. The van der Waals surface area contributed by atoms with E-state index in [-0.39, 0.29) is 11.9 Å². The van der Waals surface area contributed by atoms with E-state index in [2.05, 4.69) is 20.8 Å². The predicted octanol–water partition coefficient (Wildman–Crippen LogP) is 2.77. The number of hydrogen-bond acceptors (Lipinski definition) is 3. The molecule has 0 saturated carbocycles. The van der Waals surface area contributed by atoms with Crippen LogP contribution in [0.15, 0.2) is 48.7 Å². The Balaban J connectivity index is 1.80. The molecule has 0 spiro atoms. The number of likely N-dealkylation sites (N-methyl/N-ethyl adjacent to an activating group) is 1. The van der Waals surface area contributed by atoms with Gasteiger partial charge < -0.3 is 10.6 Å². The van der Waals surface area contributed by atoms with Crippen LogP contribution in [0, 0.1) is 6.92 Å². The van der Waals surface area contributed by atoms with Gasteiger partial charge in [0.15, 0.2) is 0 Å². The summed E-state index contributed by atoms with van der Waals surface area (Å²) in [5.41, 5.74) is 3.81. The number of nitrogens with one attached hydrogen (secondary N) is 3. The van der Waals surface area contributed by atoms with E-state index in [1.165, 1.54) is 5.56 Å². The van der Waals surface area contributed by atoms with Crippen molar-refractivity contribution in [3.05, 3.63) is 59.8 Å². The largest absolute Gasteiger partial charge is 0.324 e. The van der Waals surface area contributed by atoms with Crippen LogP contribution in [0.1, 0.15) is 17.2 Å². The summed E-state index contributed by atoms with van der Waals surface area (Å²) >= 11 is 0. The minimum Gasteiger partial charge on any atom is -0.324 e. The van der Waals surface area contributed by atoms with Gasteiger partial charge in [-0.05, 0) is 37.7 Å². The fourth-order valence-electron chi connectivity index (χ4n) is 2.44. The molecule has 0 fully saturated rings. The molecule has 0 aliphatic heterocycles. The number of rotatable bonds is 4. The molecule has 1 amide bonds. The third-order valence-corrected chi connectivity index (χ3v) is 3.67. The Labute approximate surface area is 128 Å². The number of carbonyl (C=O) groups excluding carboxylic acids is 1. The van der Waals surface area contributed by atoms with Gasteiger partial charge in [0.25, 0.3) is 0 Å². The first-order chi connectivity index (χ1) is 10.7. The van der Waals surface area contributed by atoms with Gasteiger partial charge in [-0.2, -0.15) is 5.10 Å². The Bertz CT molecular complexity index is 792. The summed E-state index contributed by atoms with van der Waals surface area (Å²) in [6.45, 7) is 2.03. The van der Waals surface area contributed by atoms with Gasteiger partial charge in [-0.25, -0.2) is 0 Å². The van der Waals surface area contributed by atoms with Gasteiger partial charge in [-0.3, -0.25) is 9.89 Å². The first kappa shape index (κ1) is 14.3. The lowest BCUT2D eigenvalue weighted by Gasteiger charge is -2.16. The van der Waals surface area contributed by atoms with Crippen LogP contribution in [-0.4, -0.2) is 23.2 Å². The van der Waals surface area contributed by atoms with Gasteiger partial charge in [-0.1, -0.05) is 29.8 Å². The van der Waals surface area contributed by atoms with E-state index in [0.717, 1.165) is 22.2 Å². The summed E-state index contributed by atoms with van der Waals surface area (Å²) in [5, 5.41) is 13.8. The Morgan fingerprint density at radius 3 is 2.68 bits per heavy atom. The normalized spacial score (nSPS) is 12.3. The van der Waals surface area contributed by atoms with Gasteiger partial charge in [0.05, 0.1) is 11.7 Å². The predicted molar refractivity (Wildman–Crippen MR) is 87.7 cm³/mol. The summed E-state index contributed by atoms with van der Waals surface area (Å²) < 4.78 is 0. The quantitative estimate of drug-likeness (QED) is 0.693. The van der Waals surface area contributed by atoms with Crippen LogP contribution >= 0.6 is 0 Å². The van der Waals surface area contributed by atoms with E-state index in [4.69, 9.17) is 0 Å². The number of amides is 1. The molecule has 2 aromatic carbocycles. The van der Waals surface area contributed by atoms with Gasteiger partial charge in [0.2, 0.25) is 5.91 Å². The van der Waals surface area contributed by atoms with Crippen LogP contribution < -0.4 is 10.6 Å². The number of anilines is 1. The van der Waals surface area contributed by atoms with Crippen molar-refractivity contribution in [1.82, 2.24) is 15.5 Å². The highest BCUT2D eigenvalue weighted by Gasteiger charge is 2.18. The summed E-state index contributed by atoms with van der Waals surface area (Å²) in [6, 6.07) is 13.2. The van der Waals surface area contributed by atoms with Gasteiger partial charge >= 0.3 is 0 Å². The maximum atomic E-state index is 12.5. The maximum Gasteiger partial charge on any atom is 0.246 e. The monoisotopic (exact) mass is 294 g/mol. The summed E-state index contributed by atoms with van der Waals surface area (Å²) in [6.07, 6.45) is 1.74. The molecule has 22 heavy (non-hydrogen) atoms. The van der Waals surface area contributed by atoms with E-state index < -0.39 is 0 Å². The van der Waals surface area contributed by atoms with Crippen molar-refractivity contribution in [2.45, 2.75) is 13.0 Å². The van der Waals surface area contributed by atoms with Crippen molar-refractivity contribution in [3.8, 4) is 0 Å². The second kappa shape index (κ2) is 5.99. The molecule has 3 aromatic rings. The van der Waals surface area contributed by atoms with E-state index in [1.807, 2.05) is 49.4 Å². The van der Waals surface area contributed by atoms with Crippen LogP contribution in [0.2, 0.25) is 0 Å². The first-order valence-corrected chi connectivity index (χ1v) is 7.15. The van der Waals surface area contributed by atoms with Gasteiger partial charge in [0, 0.05) is 11.1 Å². The minimum atomic E-state index is -0.388. The highest BCUT2D eigenvalue weighted by molar-refractivity contribution is 5.97. The number of hydrogen-bond donors (Lipinski definition) is 3. The first-order valence-electron chi connectivity index (χ1n) is 7.15. The number of aryl methyl sites for hydroxylation is 1. The zero-order valence-electron chi connectivity index (χ0n) is 12.6. The molecule has 0 aliphatic carbocycles. The standard InChI is InChI=1S/C17H18N4O/c1-11-3-5-12(6-4-11)16(18-2)17(22)20-14-7-8-15-13(9-14)10-19-21-15/h3-10,16,18H,1-2H3,(H,19,21)(H,20,22). The third kappa shape index (κ3) is 2.84. The topological polar surface area (TPSA) is 69.8 Å². The van der Waals surface area contributed by atoms with Crippen molar-refractivity contribution in [2.75, 3.05) is 12.4 Å². The van der Waals surface area contributed by atoms with Crippen LogP contribution in [0.5, 0.6) is 0 Å². The molecule has 1 atom stereocenters. The average Bonchev–Trinajstić information content (AvgIpc) is 2.97. The lowest BCUT2D eigenvalue weighted by atomic mass is 10.0.